The van der Waals surface area contributed by atoms with Crippen molar-refractivity contribution in [2.45, 2.75) is 27.2 Å². The largest absolute Gasteiger partial charge is 0.416 e. The van der Waals surface area contributed by atoms with Crippen LogP contribution in [0, 0.1) is 34.5 Å². The maximum absolute atomic E-state index is 13.7. The van der Waals surface area contributed by atoms with Crippen LogP contribution in [-0.4, -0.2) is 17.6 Å². The molecule has 0 radical (unpaired) electrons. The second-order valence-electron chi connectivity index (χ2n) is 7.51. The quantitative estimate of drug-likeness (QED) is 0.234. The first kappa shape index (κ1) is 21.4. The first-order valence-corrected chi connectivity index (χ1v) is 8.66. The van der Waals surface area contributed by atoms with E-state index in [1.807, 2.05) is 20.8 Å². The summed E-state index contributed by atoms with van der Waals surface area (Å²) in [6.45, 7) is 5.71. The Morgan fingerprint density at radius 3 is 1.90 bits per heavy atom. The Balaban J connectivity index is 1.84. The number of benzene rings is 2. The van der Waals surface area contributed by atoms with Crippen LogP contribution in [0.3, 0.4) is 0 Å². The number of rotatable bonds is 3. The van der Waals surface area contributed by atoms with E-state index < -0.39 is 40.8 Å². The lowest BCUT2D eigenvalue weighted by Crippen LogP contribution is -2.20. The molecule has 1 heterocycles. The molecule has 0 N–H and O–H groups in total. The van der Waals surface area contributed by atoms with E-state index in [0.29, 0.717) is 11.4 Å². The third kappa shape index (κ3) is 3.77. The van der Waals surface area contributed by atoms with Gasteiger partial charge in [0.2, 0.25) is 34.8 Å². The Labute approximate surface area is 167 Å². The predicted molar refractivity (Wildman–Crippen MR) is 96.6 cm³/mol. The molecule has 3 rings (SSSR count). The number of esters is 1. The van der Waals surface area contributed by atoms with Crippen molar-refractivity contribution in [2.24, 2.45) is 10.5 Å². The number of hydrogen-bond acceptors (Lipinski definition) is 4. The minimum absolute atomic E-state index is 0.132. The van der Waals surface area contributed by atoms with Gasteiger partial charge in [0.1, 0.15) is 0 Å². The van der Waals surface area contributed by atoms with Crippen molar-refractivity contribution < 1.29 is 36.3 Å². The Kier molecular flexibility index (Phi) is 5.36. The summed E-state index contributed by atoms with van der Waals surface area (Å²) in [5, 5.41) is 5.42. The molecular formula is C20H15F5N2O3. The van der Waals surface area contributed by atoms with Gasteiger partial charge in [-0.25, -0.2) is 23.0 Å². The molecule has 158 valence electrons. The number of hydrogen-bond donors (Lipinski definition) is 0. The number of carbonyl (C=O) groups is 2. The first-order valence-electron chi connectivity index (χ1n) is 8.66. The van der Waals surface area contributed by atoms with Crippen molar-refractivity contribution in [3.05, 3.63) is 58.9 Å². The van der Waals surface area contributed by atoms with Gasteiger partial charge in [-0.1, -0.05) is 20.8 Å². The van der Waals surface area contributed by atoms with Crippen LogP contribution in [0.4, 0.5) is 27.6 Å². The van der Waals surface area contributed by atoms with Gasteiger partial charge in [0.15, 0.2) is 0 Å². The summed E-state index contributed by atoms with van der Waals surface area (Å²) in [6.07, 6.45) is 0.132. The van der Waals surface area contributed by atoms with E-state index in [9.17, 15) is 31.5 Å². The highest BCUT2D eigenvalue weighted by molar-refractivity contribution is 6.14. The highest BCUT2D eigenvalue weighted by Crippen LogP contribution is 2.31. The van der Waals surface area contributed by atoms with E-state index in [0.717, 1.165) is 5.01 Å². The van der Waals surface area contributed by atoms with E-state index in [4.69, 9.17) is 0 Å². The van der Waals surface area contributed by atoms with Crippen molar-refractivity contribution in [2.75, 3.05) is 5.01 Å². The predicted octanol–water partition coefficient (Wildman–Crippen LogP) is 4.74. The Hall–Kier alpha value is -3.30. The molecule has 0 aliphatic carbocycles. The molecule has 2 aromatic rings. The molecule has 5 nitrogen and oxygen atoms in total. The Bertz CT molecular complexity index is 1050. The summed E-state index contributed by atoms with van der Waals surface area (Å²) in [5.41, 5.74) is 0.436. The molecule has 0 fully saturated rings. The van der Waals surface area contributed by atoms with Crippen LogP contribution in [0.1, 0.15) is 37.6 Å². The molecule has 0 saturated carbocycles. The molecule has 0 unspecified atom stereocenters. The van der Waals surface area contributed by atoms with Crippen molar-refractivity contribution in [3.63, 3.8) is 0 Å². The number of hydrazone groups is 1. The van der Waals surface area contributed by atoms with Crippen LogP contribution < -0.4 is 9.75 Å². The van der Waals surface area contributed by atoms with Gasteiger partial charge >= 0.3 is 5.97 Å². The second-order valence-corrected chi connectivity index (χ2v) is 7.51. The third-order valence-electron chi connectivity index (χ3n) is 4.35. The SMILES string of the molecule is CC(C)(C)C1=NN(c2ccc(C(=O)Oc3c(F)c(F)c(F)c(F)c3F)cc2)C(=O)C1. The standard InChI is InChI=1S/C20H15F5N2O3/c1-20(2,3)11-8-12(28)27(26-11)10-6-4-9(5-7-10)19(29)30-18-16(24)14(22)13(21)15(23)17(18)25/h4-7H,8H2,1-3H3. The lowest BCUT2D eigenvalue weighted by atomic mass is 9.88. The summed E-state index contributed by atoms with van der Waals surface area (Å²) in [4.78, 5) is 24.3. The minimum Gasteiger partial charge on any atom is -0.416 e. The molecular weight excluding hydrogens is 411 g/mol. The normalized spacial score (nSPS) is 14.2. The lowest BCUT2D eigenvalue weighted by Gasteiger charge is -2.16. The average Bonchev–Trinajstić information content (AvgIpc) is 3.10. The van der Waals surface area contributed by atoms with Gasteiger partial charge in [0.25, 0.3) is 5.91 Å². The van der Waals surface area contributed by atoms with E-state index in [-0.39, 0.29) is 23.3 Å². The zero-order valence-corrected chi connectivity index (χ0v) is 16.0. The number of nitrogens with zero attached hydrogens (tertiary/aromatic N) is 2. The molecule has 30 heavy (non-hydrogen) atoms. The number of anilines is 1. The van der Waals surface area contributed by atoms with Gasteiger partial charge in [-0.15, -0.1) is 0 Å². The van der Waals surface area contributed by atoms with Gasteiger partial charge in [-0.3, -0.25) is 4.79 Å². The Morgan fingerprint density at radius 2 is 1.43 bits per heavy atom. The van der Waals surface area contributed by atoms with Crippen molar-refractivity contribution in [1.82, 2.24) is 0 Å². The molecule has 2 aromatic carbocycles. The van der Waals surface area contributed by atoms with Gasteiger partial charge < -0.3 is 4.74 Å². The molecule has 1 aliphatic heterocycles. The molecule has 0 aromatic heterocycles. The molecule has 0 bridgehead atoms. The number of ether oxygens (including phenoxy) is 1. The summed E-state index contributed by atoms with van der Waals surface area (Å²) in [6, 6.07) is 5.01. The minimum atomic E-state index is -2.36. The van der Waals surface area contributed by atoms with Crippen LogP contribution >= 0.6 is 0 Å². The summed E-state index contributed by atoms with van der Waals surface area (Å²) >= 11 is 0. The van der Waals surface area contributed by atoms with Gasteiger partial charge in [0, 0.05) is 5.41 Å². The van der Waals surface area contributed by atoms with Gasteiger partial charge in [0.05, 0.1) is 23.4 Å². The first-order chi connectivity index (χ1) is 13.9. The monoisotopic (exact) mass is 426 g/mol. The topological polar surface area (TPSA) is 59.0 Å². The fourth-order valence-electron chi connectivity index (χ4n) is 2.61. The second kappa shape index (κ2) is 7.51. The van der Waals surface area contributed by atoms with Crippen LogP contribution in [0.15, 0.2) is 29.4 Å². The van der Waals surface area contributed by atoms with Gasteiger partial charge in [-0.05, 0) is 24.3 Å². The lowest BCUT2D eigenvalue weighted by molar-refractivity contribution is -0.116. The number of carbonyl (C=O) groups excluding carboxylic acids is 2. The van der Waals surface area contributed by atoms with E-state index >= 15 is 0 Å². The highest BCUT2D eigenvalue weighted by Gasteiger charge is 2.32. The van der Waals surface area contributed by atoms with Crippen LogP contribution in [0.25, 0.3) is 0 Å². The fraction of sp³-hybridized carbons (Fsp3) is 0.250. The molecule has 1 aliphatic rings. The van der Waals surface area contributed by atoms with Crippen LogP contribution in [0.5, 0.6) is 5.75 Å². The van der Waals surface area contributed by atoms with Crippen molar-refractivity contribution in [3.8, 4) is 5.75 Å². The van der Waals surface area contributed by atoms with Crippen LogP contribution in [-0.2, 0) is 4.79 Å². The zero-order valence-electron chi connectivity index (χ0n) is 16.0. The molecule has 1 amide bonds. The zero-order chi connectivity index (χ0) is 22.4. The van der Waals surface area contributed by atoms with Crippen molar-refractivity contribution >= 4 is 23.3 Å². The number of halogens is 5. The van der Waals surface area contributed by atoms with E-state index in [2.05, 4.69) is 9.84 Å². The highest BCUT2D eigenvalue weighted by atomic mass is 19.2. The summed E-state index contributed by atoms with van der Waals surface area (Å²) in [5.74, 6) is -14.7. The molecule has 0 spiro atoms. The summed E-state index contributed by atoms with van der Waals surface area (Å²) in [7, 11) is 0. The molecule has 0 saturated heterocycles. The average molecular weight is 426 g/mol. The fourth-order valence-corrected chi connectivity index (χ4v) is 2.61. The summed E-state index contributed by atoms with van der Waals surface area (Å²) < 4.78 is 71.2. The van der Waals surface area contributed by atoms with Crippen LogP contribution in [0.2, 0.25) is 0 Å². The van der Waals surface area contributed by atoms with E-state index in [1.165, 1.54) is 24.3 Å². The van der Waals surface area contributed by atoms with E-state index in [1.54, 1.807) is 0 Å². The Morgan fingerprint density at radius 1 is 0.933 bits per heavy atom. The van der Waals surface area contributed by atoms with Gasteiger partial charge in [-0.2, -0.15) is 13.9 Å². The van der Waals surface area contributed by atoms with Crippen molar-refractivity contribution in [1.29, 1.82) is 0 Å². The maximum atomic E-state index is 13.7. The maximum Gasteiger partial charge on any atom is 0.343 e. The third-order valence-corrected chi connectivity index (χ3v) is 4.35. The number of amides is 1. The molecule has 10 heteroatoms. The molecule has 0 atom stereocenters. The smallest absolute Gasteiger partial charge is 0.343 e.